The predicted octanol–water partition coefficient (Wildman–Crippen LogP) is 3.69. The zero-order valence-corrected chi connectivity index (χ0v) is 13.3. The molecule has 0 bridgehead atoms. The zero-order chi connectivity index (χ0) is 17.4. The quantitative estimate of drug-likeness (QED) is 0.290. The second kappa shape index (κ2) is 8.48. The number of carbonyl (C=O) groups is 2. The van der Waals surface area contributed by atoms with Gasteiger partial charge in [-0.05, 0) is 29.7 Å². The number of hydrogen-bond acceptors (Lipinski definition) is 3. The second-order valence-electron chi connectivity index (χ2n) is 4.92. The minimum atomic E-state index is -1.31. The van der Waals surface area contributed by atoms with Gasteiger partial charge in [0.1, 0.15) is 5.57 Å². The fourth-order valence-corrected chi connectivity index (χ4v) is 2.20. The Labute approximate surface area is 140 Å². The van der Waals surface area contributed by atoms with Crippen molar-refractivity contribution in [3.8, 4) is 0 Å². The van der Waals surface area contributed by atoms with E-state index in [2.05, 4.69) is 0 Å². The van der Waals surface area contributed by atoms with Crippen LogP contribution in [0.2, 0.25) is 0 Å². The molecule has 0 aliphatic carbocycles. The topological polar surface area (TPSA) is 63.6 Å². The number of esters is 1. The van der Waals surface area contributed by atoms with Crippen molar-refractivity contribution in [2.24, 2.45) is 0 Å². The summed E-state index contributed by atoms with van der Waals surface area (Å²) in [6.45, 7) is 1.75. The van der Waals surface area contributed by atoms with E-state index in [1.807, 2.05) is 60.7 Å². The first-order valence-corrected chi connectivity index (χ1v) is 7.56. The van der Waals surface area contributed by atoms with Crippen molar-refractivity contribution in [1.29, 1.82) is 0 Å². The van der Waals surface area contributed by atoms with Gasteiger partial charge in [-0.25, -0.2) is 9.59 Å². The lowest BCUT2D eigenvalue weighted by atomic mass is 9.97. The molecule has 0 aromatic heterocycles. The summed E-state index contributed by atoms with van der Waals surface area (Å²) >= 11 is 0. The number of aliphatic carboxylic acids is 1. The van der Waals surface area contributed by atoms with Crippen LogP contribution in [0, 0.1) is 0 Å². The van der Waals surface area contributed by atoms with Gasteiger partial charge in [0.25, 0.3) is 0 Å². The largest absolute Gasteiger partial charge is 0.477 e. The predicted molar refractivity (Wildman–Crippen MR) is 92.3 cm³/mol. The highest BCUT2D eigenvalue weighted by Gasteiger charge is 2.17. The Kier molecular flexibility index (Phi) is 6.08. The Hall–Kier alpha value is -3.14. The molecule has 0 fully saturated rings. The number of allylic oxidation sites excluding steroid dienone is 2. The van der Waals surface area contributed by atoms with Gasteiger partial charge in [-0.3, -0.25) is 0 Å². The number of ether oxygens (including phenoxy) is 1. The highest BCUT2D eigenvalue weighted by molar-refractivity contribution is 6.13. The molecule has 0 heterocycles. The molecule has 0 aliphatic heterocycles. The van der Waals surface area contributed by atoms with Crippen LogP contribution in [-0.4, -0.2) is 23.7 Å². The van der Waals surface area contributed by atoms with Crippen LogP contribution in [0.4, 0.5) is 0 Å². The Balaban J connectivity index is 2.50. The molecule has 0 saturated heterocycles. The molecule has 2 aromatic carbocycles. The van der Waals surface area contributed by atoms with Gasteiger partial charge in [-0.15, -0.1) is 0 Å². The molecule has 0 atom stereocenters. The molecule has 122 valence electrons. The third-order valence-corrected chi connectivity index (χ3v) is 3.31. The summed E-state index contributed by atoms with van der Waals surface area (Å²) in [5.41, 5.74) is 2.27. The summed E-state index contributed by atoms with van der Waals surface area (Å²) in [5, 5.41) is 9.23. The van der Waals surface area contributed by atoms with Crippen molar-refractivity contribution in [2.75, 3.05) is 6.61 Å². The number of rotatable bonds is 6. The molecule has 2 aromatic rings. The van der Waals surface area contributed by atoms with Crippen LogP contribution in [-0.2, 0) is 14.3 Å². The van der Waals surface area contributed by atoms with Gasteiger partial charge in [0.2, 0.25) is 0 Å². The Morgan fingerprint density at radius 1 is 0.917 bits per heavy atom. The standard InChI is InChI=1S/C20H18O4/c1-2-24-20(23)18(19(21)22)14-13-17(15-9-5-3-6-10-15)16-11-7-4-8-12-16/h3-14H,2H2,1H3,(H,21,22)/b18-14+. The van der Waals surface area contributed by atoms with Gasteiger partial charge in [0.15, 0.2) is 0 Å². The lowest BCUT2D eigenvalue weighted by Gasteiger charge is -2.08. The summed E-state index contributed by atoms with van der Waals surface area (Å²) in [6.07, 6.45) is 2.92. The minimum Gasteiger partial charge on any atom is -0.477 e. The van der Waals surface area contributed by atoms with Gasteiger partial charge in [-0.2, -0.15) is 0 Å². The Morgan fingerprint density at radius 3 is 1.83 bits per heavy atom. The number of hydrogen-bond donors (Lipinski definition) is 1. The molecule has 2 rings (SSSR count). The van der Waals surface area contributed by atoms with Crippen molar-refractivity contribution in [1.82, 2.24) is 0 Å². The van der Waals surface area contributed by atoms with Crippen molar-refractivity contribution >= 4 is 17.5 Å². The molecule has 0 radical (unpaired) electrons. The number of carboxylic acids is 1. The Morgan fingerprint density at radius 2 is 1.42 bits per heavy atom. The average Bonchev–Trinajstić information content (AvgIpc) is 2.60. The fourth-order valence-electron chi connectivity index (χ4n) is 2.20. The van der Waals surface area contributed by atoms with Crippen LogP contribution >= 0.6 is 0 Å². The maximum Gasteiger partial charge on any atom is 0.345 e. The summed E-state index contributed by atoms with van der Waals surface area (Å²) in [4.78, 5) is 23.1. The summed E-state index contributed by atoms with van der Waals surface area (Å²) in [6, 6.07) is 19.1. The molecule has 0 spiro atoms. The third kappa shape index (κ3) is 4.43. The number of benzene rings is 2. The lowest BCUT2D eigenvalue weighted by molar-refractivity contribution is -0.143. The van der Waals surface area contributed by atoms with Crippen LogP contribution in [0.15, 0.2) is 78.4 Å². The summed E-state index contributed by atoms with van der Waals surface area (Å²) < 4.78 is 4.79. The molecular weight excluding hydrogens is 304 g/mol. The first kappa shape index (κ1) is 17.2. The van der Waals surface area contributed by atoms with E-state index in [0.717, 1.165) is 16.7 Å². The first-order valence-electron chi connectivity index (χ1n) is 7.56. The number of carboxylic acid groups (broad SMARTS) is 1. The maximum atomic E-state index is 11.8. The van der Waals surface area contributed by atoms with Gasteiger partial charge >= 0.3 is 11.9 Å². The van der Waals surface area contributed by atoms with E-state index in [-0.39, 0.29) is 6.61 Å². The first-order chi connectivity index (χ1) is 11.6. The van der Waals surface area contributed by atoms with E-state index in [4.69, 9.17) is 4.74 Å². The highest BCUT2D eigenvalue weighted by Crippen LogP contribution is 2.23. The summed E-state index contributed by atoms with van der Waals surface area (Å²) in [5.74, 6) is -2.16. The molecule has 4 heteroatoms. The maximum absolute atomic E-state index is 11.8. The van der Waals surface area contributed by atoms with Crippen LogP contribution in [0.5, 0.6) is 0 Å². The molecule has 0 amide bonds. The molecule has 0 saturated carbocycles. The van der Waals surface area contributed by atoms with Crippen LogP contribution < -0.4 is 0 Å². The minimum absolute atomic E-state index is 0.122. The van der Waals surface area contributed by atoms with E-state index in [1.165, 1.54) is 6.08 Å². The Bertz CT molecular complexity index is 717. The normalized spacial score (nSPS) is 10.8. The van der Waals surface area contributed by atoms with Gasteiger partial charge in [0, 0.05) is 0 Å². The molecule has 0 unspecified atom stereocenters. The van der Waals surface area contributed by atoms with Crippen molar-refractivity contribution in [3.63, 3.8) is 0 Å². The van der Waals surface area contributed by atoms with Gasteiger partial charge < -0.3 is 9.84 Å². The SMILES string of the molecule is CCOC(=O)/C(=C/C=C(c1ccccc1)c1ccccc1)C(=O)O. The lowest BCUT2D eigenvalue weighted by Crippen LogP contribution is -2.15. The highest BCUT2D eigenvalue weighted by atomic mass is 16.5. The van der Waals surface area contributed by atoms with Crippen molar-refractivity contribution in [2.45, 2.75) is 6.92 Å². The van der Waals surface area contributed by atoms with Crippen LogP contribution in [0.3, 0.4) is 0 Å². The van der Waals surface area contributed by atoms with Crippen LogP contribution in [0.25, 0.3) is 5.57 Å². The second-order valence-corrected chi connectivity index (χ2v) is 4.92. The average molecular weight is 322 g/mol. The monoisotopic (exact) mass is 322 g/mol. The zero-order valence-electron chi connectivity index (χ0n) is 13.3. The van der Waals surface area contributed by atoms with Gasteiger partial charge in [0.05, 0.1) is 6.61 Å². The van der Waals surface area contributed by atoms with E-state index < -0.39 is 17.5 Å². The molecule has 24 heavy (non-hydrogen) atoms. The molecule has 0 aliphatic rings. The van der Waals surface area contributed by atoms with Crippen LogP contribution in [0.1, 0.15) is 18.1 Å². The van der Waals surface area contributed by atoms with E-state index in [1.54, 1.807) is 13.0 Å². The fraction of sp³-hybridized carbons (Fsp3) is 0.100. The summed E-state index contributed by atoms with van der Waals surface area (Å²) in [7, 11) is 0. The smallest absolute Gasteiger partial charge is 0.345 e. The molecule has 4 nitrogen and oxygen atoms in total. The number of carbonyl (C=O) groups excluding carboxylic acids is 1. The van der Waals surface area contributed by atoms with E-state index in [9.17, 15) is 14.7 Å². The molecular formula is C20H18O4. The van der Waals surface area contributed by atoms with Crippen molar-refractivity contribution < 1.29 is 19.4 Å². The van der Waals surface area contributed by atoms with E-state index in [0.29, 0.717) is 0 Å². The van der Waals surface area contributed by atoms with E-state index >= 15 is 0 Å². The van der Waals surface area contributed by atoms with Gasteiger partial charge in [-0.1, -0.05) is 66.7 Å². The molecule has 1 N–H and O–H groups in total. The third-order valence-electron chi connectivity index (χ3n) is 3.31. The van der Waals surface area contributed by atoms with Crippen molar-refractivity contribution in [3.05, 3.63) is 89.5 Å².